The predicted octanol–water partition coefficient (Wildman–Crippen LogP) is 4.01. The van der Waals surface area contributed by atoms with E-state index >= 15 is 0 Å². The van der Waals surface area contributed by atoms with E-state index in [4.69, 9.17) is 0 Å². The fourth-order valence-corrected chi connectivity index (χ4v) is 3.00. The van der Waals surface area contributed by atoms with Crippen LogP contribution in [-0.4, -0.2) is 11.2 Å². The first kappa shape index (κ1) is 13.3. The summed E-state index contributed by atoms with van der Waals surface area (Å²) in [6.07, 6.45) is 2.89. The number of rotatable bonds is 1. The maximum atomic E-state index is 14.2. The normalized spacial score (nSPS) is 22.8. The molecule has 0 spiro atoms. The van der Waals surface area contributed by atoms with Gasteiger partial charge in [0.05, 0.1) is 6.10 Å². The van der Waals surface area contributed by atoms with Crippen molar-refractivity contribution in [3.05, 3.63) is 40.7 Å². The Balaban J connectivity index is 2.49. The molecule has 0 aromatic heterocycles. The van der Waals surface area contributed by atoms with Crippen LogP contribution in [-0.2, 0) is 0 Å². The van der Waals surface area contributed by atoms with Crippen LogP contribution in [0.5, 0.6) is 0 Å². The van der Waals surface area contributed by atoms with Gasteiger partial charge in [0.25, 0.3) is 0 Å². The fourth-order valence-electron chi connectivity index (χ4n) is 3.00. The molecule has 18 heavy (non-hydrogen) atoms. The van der Waals surface area contributed by atoms with Crippen molar-refractivity contribution in [3.8, 4) is 0 Å². The first-order valence-electron chi connectivity index (χ1n) is 6.44. The molecule has 0 saturated carbocycles. The van der Waals surface area contributed by atoms with Gasteiger partial charge in [-0.3, -0.25) is 0 Å². The summed E-state index contributed by atoms with van der Waals surface area (Å²) in [7, 11) is 0. The van der Waals surface area contributed by atoms with E-state index in [9.17, 15) is 9.50 Å². The van der Waals surface area contributed by atoms with Gasteiger partial charge in [0.15, 0.2) is 0 Å². The van der Waals surface area contributed by atoms with Crippen molar-refractivity contribution in [1.29, 1.82) is 0 Å². The van der Waals surface area contributed by atoms with Crippen molar-refractivity contribution in [2.24, 2.45) is 5.41 Å². The van der Waals surface area contributed by atoms with Crippen LogP contribution < -0.4 is 0 Å². The van der Waals surface area contributed by atoms with Gasteiger partial charge >= 0.3 is 0 Å². The Morgan fingerprint density at radius 1 is 1.28 bits per heavy atom. The van der Waals surface area contributed by atoms with Gasteiger partial charge in [0.2, 0.25) is 0 Å². The van der Waals surface area contributed by atoms with Crippen LogP contribution in [0.1, 0.15) is 43.4 Å². The molecule has 1 aliphatic rings. The molecule has 1 unspecified atom stereocenters. The van der Waals surface area contributed by atoms with Crippen molar-refractivity contribution < 1.29 is 9.50 Å². The average Bonchev–Trinajstić information content (AvgIpc) is 2.11. The number of aryl methyl sites for hydroxylation is 2. The minimum absolute atomic E-state index is 0.0211. The molecular weight excluding hydrogens is 227 g/mol. The summed E-state index contributed by atoms with van der Waals surface area (Å²) >= 11 is 0. The molecular formula is C16H21FO. The highest BCUT2D eigenvalue weighted by Crippen LogP contribution is 2.41. The molecule has 1 aliphatic carbocycles. The highest BCUT2D eigenvalue weighted by molar-refractivity contribution is 5.70. The van der Waals surface area contributed by atoms with Crippen LogP contribution in [0.25, 0.3) is 5.57 Å². The number of hydrogen-bond acceptors (Lipinski definition) is 1. The van der Waals surface area contributed by atoms with Crippen LogP contribution in [0.4, 0.5) is 4.39 Å². The van der Waals surface area contributed by atoms with Crippen LogP contribution in [0.15, 0.2) is 18.2 Å². The van der Waals surface area contributed by atoms with E-state index in [0.717, 1.165) is 29.5 Å². The molecule has 0 radical (unpaired) electrons. The van der Waals surface area contributed by atoms with E-state index < -0.39 is 6.10 Å². The van der Waals surface area contributed by atoms with Crippen molar-refractivity contribution in [3.63, 3.8) is 0 Å². The summed E-state index contributed by atoms with van der Waals surface area (Å²) in [4.78, 5) is 0. The minimum atomic E-state index is -0.469. The van der Waals surface area contributed by atoms with E-state index in [1.54, 1.807) is 6.07 Å². The summed E-state index contributed by atoms with van der Waals surface area (Å²) in [6, 6.07) is 3.56. The third kappa shape index (κ3) is 2.64. The van der Waals surface area contributed by atoms with Crippen LogP contribution >= 0.6 is 0 Å². The molecule has 0 fully saturated rings. The van der Waals surface area contributed by atoms with Crippen molar-refractivity contribution in [2.75, 3.05) is 0 Å². The molecule has 1 N–H and O–H groups in total. The van der Waals surface area contributed by atoms with Gasteiger partial charge in [-0.1, -0.05) is 26.0 Å². The highest BCUT2D eigenvalue weighted by Gasteiger charge is 2.29. The Bertz CT molecular complexity index is 477. The molecule has 1 nitrogen and oxygen atoms in total. The standard InChI is InChI=1S/C16H21FO/c1-10-5-11(2)15(14(17)6-10)12-7-13(18)9-16(3,4)8-12/h5-7,13,18H,8-9H2,1-4H3. The number of benzene rings is 1. The Morgan fingerprint density at radius 2 is 1.94 bits per heavy atom. The summed E-state index contributed by atoms with van der Waals surface area (Å²) in [5.41, 5.74) is 3.52. The van der Waals surface area contributed by atoms with E-state index in [-0.39, 0.29) is 11.2 Å². The lowest BCUT2D eigenvalue weighted by Crippen LogP contribution is -2.25. The number of allylic oxidation sites excluding steroid dienone is 1. The lowest BCUT2D eigenvalue weighted by molar-refractivity contribution is 0.146. The third-order valence-electron chi connectivity index (χ3n) is 3.58. The topological polar surface area (TPSA) is 20.2 Å². The third-order valence-corrected chi connectivity index (χ3v) is 3.58. The molecule has 1 atom stereocenters. The van der Waals surface area contributed by atoms with Crippen molar-refractivity contribution >= 4 is 5.57 Å². The monoisotopic (exact) mass is 248 g/mol. The van der Waals surface area contributed by atoms with Gasteiger partial charge < -0.3 is 5.11 Å². The molecule has 0 heterocycles. The second-order valence-electron chi connectivity index (χ2n) is 6.24. The first-order chi connectivity index (χ1) is 8.28. The average molecular weight is 248 g/mol. The second-order valence-corrected chi connectivity index (χ2v) is 6.24. The highest BCUT2D eigenvalue weighted by atomic mass is 19.1. The lowest BCUT2D eigenvalue weighted by atomic mass is 9.74. The van der Waals surface area contributed by atoms with Gasteiger partial charge in [-0.15, -0.1) is 0 Å². The van der Waals surface area contributed by atoms with Gasteiger partial charge in [-0.2, -0.15) is 0 Å². The zero-order valence-corrected chi connectivity index (χ0v) is 11.5. The predicted molar refractivity (Wildman–Crippen MR) is 72.9 cm³/mol. The quantitative estimate of drug-likeness (QED) is 0.796. The van der Waals surface area contributed by atoms with Gasteiger partial charge in [-0.25, -0.2) is 4.39 Å². The number of aliphatic hydroxyl groups excluding tert-OH is 1. The Morgan fingerprint density at radius 3 is 2.50 bits per heavy atom. The molecule has 0 bridgehead atoms. The Kier molecular flexibility index (Phi) is 3.33. The van der Waals surface area contributed by atoms with Gasteiger partial charge in [0.1, 0.15) is 5.82 Å². The summed E-state index contributed by atoms with van der Waals surface area (Å²) in [6.45, 7) is 8.06. The van der Waals surface area contributed by atoms with Crippen molar-refractivity contribution in [2.45, 2.75) is 46.6 Å². The lowest BCUT2D eigenvalue weighted by Gasteiger charge is -2.33. The maximum Gasteiger partial charge on any atom is 0.131 e. The molecule has 2 heteroatoms. The maximum absolute atomic E-state index is 14.2. The Hall–Kier alpha value is -1.15. The van der Waals surface area contributed by atoms with Gasteiger partial charge in [-0.05, 0) is 54.9 Å². The van der Waals surface area contributed by atoms with E-state index in [1.807, 2.05) is 26.0 Å². The zero-order chi connectivity index (χ0) is 13.5. The Labute approximate surface area is 108 Å². The molecule has 1 aromatic rings. The smallest absolute Gasteiger partial charge is 0.131 e. The molecule has 0 amide bonds. The van der Waals surface area contributed by atoms with Crippen LogP contribution in [0.3, 0.4) is 0 Å². The second kappa shape index (κ2) is 4.51. The molecule has 0 aliphatic heterocycles. The molecule has 0 saturated heterocycles. The minimum Gasteiger partial charge on any atom is -0.389 e. The summed E-state index contributed by atoms with van der Waals surface area (Å²) in [5, 5.41) is 9.91. The van der Waals surface area contributed by atoms with E-state index in [1.165, 1.54) is 0 Å². The first-order valence-corrected chi connectivity index (χ1v) is 6.44. The summed E-state index contributed by atoms with van der Waals surface area (Å²) in [5.74, 6) is -0.177. The van der Waals surface area contributed by atoms with Crippen LogP contribution in [0.2, 0.25) is 0 Å². The number of hydrogen-bond donors (Lipinski definition) is 1. The van der Waals surface area contributed by atoms with Crippen molar-refractivity contribution in [1.82, 2.24) is 0 Å². The molecule has 2 rings (SSSR count). The number of halogens is 1. The fraction of sp³-hybridized carbons (Fsp3) is 0.500. The molecule has 98 valence electrons. The zero-order valence-electron chi connectivity index (χ0n) is 11.5. The summed E-state index contributed by atoms with van der Waals surface area (Å²) < 4.78 is 14.2. The number of aliphatic hydroxyl groups is 1. The molecule has 1 aromatic carbocycles. The van der Waals surface area contributed by atoms with Crippen LogP contribution in [0, 0.1) is 25.1 Å². The van der Waals surface area contributed by atoms with E-state index in [2.05, 4.69) is 13.8 Å². The van der Waals surface area contributed by atoms with Gasteiger partial charge in [0, 0.05) is 5.56 Å². The SMILES string of the molecule is Cc1cc(C)c(C2=CC(O)CC(C)(C)C2)c(F)c1. The van der Waals surface area contributed by atoms with E-state index in [0.29, 0.717) is 5.56 Å². The largest absolute Gasteiger partial charge is 0.389 e.